The second-order valence-electron chi connectivity index (χ2n) is 8.00. The summed E-state index contributed by atoms with van der Waals surface area (Å²) in [6.07, 6.45) is 1.41. The summed E-state index contributed by atoms with van der Waals surface area (Å²) < 4.78 is 17.5. The number of carbonyl (C=O) groups is 1. The zero-order valence-electron chi connectivity index (χ0n) is 17.9. The van der Waals surface area contributed by atoms with Gasteiger partial charge in [0.15, 0.2) is 0 Å². The van der Waals surface area contributed by atoms with Gasteiger partial charge in [-0.1, -0.05) is 87.5 Å². The van der Waals surface area contributed by atoms with Gasteiger partial charge in [-0.05, 0) is 15.4 Å². The van der Waals surface area contributed by atoms with E-state index in [9.17, 15) is 4.79 Å². The van der Waals surface area contributed by atoms with Crippen molar-refractivity contribution in [3.8, 4) is 0 Å². The second kappa shape index (κ2) is 10.5. The summed E-state index contributed by atoms with van der Waals surface area (Å²) in [6.45, 7) is 11.0. The van der Waals surface area contributed by atoms with Gasteiger partial charge in [0.1, 0.15) is 0 Å². The third-order valence-corrected chi connectivity index (χ3v) is 9.98. The highest BCUT2D eigenvalue weighted by molar-refractivity contribution is 6.99. The number of carbonyl (C=O) groups excluding carboxylic acids is 1. The van der Waals surface area contributed by atoms with Crippen LogP contribution in [0, 0.1) is 0 Å². The van der Waals surface area contributed by atoms with Crippen molar-refractivity contribution in [3.63, 3.8) is 0 Å². The number of rotatable bonds is 10. The number of esters is 1. The molecule has 0 fully saturated rings. The molecule has 5 heteroatoms. The number of hydrogen-bond acceptors (Lipinski definition) is 4. The minimum atomic E-state index is -2.67. The third kappa shape index (κ3) is 5.66. The van der Waals surface area contributed by atoms with Crippen LogP contribution in [0.5, 0.6) is 0 Å². The molecule has 156 valence electrons. The van der Waals surface area contributed by atoms with Gasteiger partial charge in [-0.2, -0.15) is 0 Å². The van der Waals surface area contributed by atoms with E-state index < -0.39 is 14.4 Å². The van der Waals surface area contributed by atoms with Crippen molar-refractivity contribution in [2.75, 3.05) is 20.3 Å². The Labute approximate surface area is 175 Å². The predicted molar refractivity (Wildman–Crippen MR) is 120 cm³/mol. The Kier molecular flexibility index (Phi) is 8.38. The van der Waals surface area contributed by atoms with Gasteiger partial charge >= 0.3 is 5.97 Å². The molecule has 0 unspecified atom stereocenters. The van der Waals surface area contributed by atoms with E-state index in [1.807, 2.05) is 12.1 Å². The third-order valence-electron chi connectivity index (χ3n) is 4.97. The summed E-state index contributed by atoms with van der Waals surface area (Å²) in [7, 11) is -1.29. The number of hydrogen-bond donors (Lipinski definition) is 0. The lowest BCUT2D eigenvalue weighted by molar-refractivity contribution is -0.144. The van der Waals surface area contributed by atoms with E-state index in [0.29, 0.717) is 13.2 Å². The largest absolute Gasteiger partial charge is 0.469 e. The van der Waals surface area contributed by atoms with Gasteiger partial charge in [0.05, 0.1) is 32.8 Å². The van der Waals surface area contributed by atoms with E-state index >= 15 is 0 Å². The Bertz CT molecular complexity index is 729. The molecule has 0 amide bonds. The van der Waals surface area contributed by atoms with E-state index in [2.05, 4.69) is 75.9 Å². The van der Waals surface area contributed by atoms with Gasteiger partial charge in [-0.3, -0.25) is 4.79 Å². The lowest BCUT2D eigenvalue weighted by Gasteiger charge is -2.43. The average molecular weight is 413 g/mol. The summed E-state index contributed by atoms with van der Waals surface area (Å²) in [5, 5.41) is 2.25. The number of methoxy groups -OCH3 is 1. The molecule has 2 aromatic rings. The Morgan fingerprint density at radius 3 is 1.97 bits per heavy atom. The smallest absolute Gasteiger partial charge is 0.308 e. The number of ether oxygens (including phenoxy) is 2. The van der Waals surface area contributed by atoms with E-state index in [1.165, 1.54) is 17.5 Å². The minimum absolute atomic E-state index is 0.135. The molecule has 4 nitrogen and oxygen atoms in total. The van der Waals surface area contributed by atoms with Crippen molar-refractivity contribution in [2.45, 2.75) is 38.3 Å². The quantitative estimate of drug-likeness (QED) is 0.339. The van der Waals surface area contributed by atoms with Crippen LogP contribution in [-0.4, -0.2) is 40.7 Å². The molecule has 0 N–H and O–H groups in total. The Morgan fingerprint density at radius 2 is 1.55 bits per heavy atom. The molecule has 0 spiro atoms. The van der Waals surface area contributed by atoms with Gasteiger partial charge < -0.3 is 13.9 Å². The zero-order chi connectivity index (χ0) is 21.3. The summed E-state index contributed by atoms with van der Waals surface area (Å²) in [6, 6.07) is 20.8. The van der Waals surface area contributed by atoms with Crippen LogP contribution in [0.3, 0.4) is 0 Å². The van der Waals surface area contributed by atoms with Gasteiger partial charge in [-0.25, -0.2) is 0 Å². The monoisotopic (exact) mass is 412 g/mol. The molecule has 0 radical (unpaired) electrons. The first-order valence-corrected chi connectivity index (χ1v) is 11.8. The van der Waals surface area contributed by atoms with E-state index in [4.69, 9.17) is 13.9 Å². The summed E-state index contributed by atoms with van der Waals surface area (Å²) in [5.74, 6) is -0.315. The molecule has 0 aliphatic carbocycles. The lowest BCUT2D eigenvalue weighted by atomic mass is 10.2. The van der Waals surface area contributed by atoms with Crippen LogP contribution < -0.4 is 10.4 Å². The molecule has 29 heavy (non-hydrogen) atoms. The van der Waals surface area contributed by atoms with Gasteiger partial charge in [-0.15, -0.1) is 6.58 Å². The van der Waals surface area contributed by atoms with Crippen LogP contribution in [-0.2, 0) is 18.7 Å². The fourth-order valence-electron chi connectivity index (χ4n) is 3.62. The van der Waals surface area contributed by atoms with Crippen LogP contribution in [0.4, 0.5) is 0 Å². The normalized spacial score (nSPS) is 13.0. The van der Waals surface area contributed by atoms with Gasteiger partial charge in [0, 0.05) is 0 Å². The summed E-state index contributed by atoms with van der Waals surface area (Å²) >= 11 is 0. The van der Waals surface area contributed by atoms with Gasteiger partial charge in [0.25, 0.3) is 8.32 Å². The predicted octanol–water partition coefficient (Wildman–Crippen LogP) is 3.70. The first-order chi connectivity index (χ1) is 13.8. The van der Waals surface area contributed by atoms with Crippen molar-refractivity contribution < 1.29 is 18.7 Å². The number of benzene rings is 2. The molecule has 2 aromatic carbocycles. The van der Waals surface area contributed by atoms with Crippen molar-refractivity contribution in [1.82, 2.24) is 0 Å². The fourth-order valence-corrected chi connectivity index (χ4v) is 8.21. The van der Waals surface area contributed by atoms with E-state index in [0.717, 1.165) is 0 Å². The van der Waals surface area contributed by atoms with Crippen LogP contribution >= 0.6 is 0 Å². The first kappa shape index (κ1) is 23.1. The maximum atomic E-state index is 11.9. The van der Waals surface area contributed by atoms with Crippen LogP contribution in [0.25, 0.3) is 0 Å². The highest BCUT2D eigenvalue weighted by atomic mass is 28.4. The van der Waals surface area contributed by atoms with Gasteiger partial charge in [0.2, 0.25) is 0 Å². The second-order valence-corrected chi connectivity index (χ2v) is 12.3. The molecular weight excluding hydrogens is 380 g/mol. The zero-order valence-corrected chi connectivity index (χ0v) is 18.9. The summed E-state index contributed by atoms with van der Waals surface area (Å²) in [5.41, 5.74) is 0. The standard InChI is InChI=1S/C24H32O4Si/c1-6-17-27-20(18-23(25)26-5)19-28-29(24(2,3)4,21-13-9-7-10-14-21)22-15-11-8-12-16-22/h6-16,20H,1,17-19H2,2-5H3/t20-/m1/s1. The van der Waals surface area contributed by atoms with Crippen molar-refractivity contribution in [2.24, 2.45) is 0 Å². The molecule has 0 bridgehead atoms. The molecule has 0 aliphatic heterocycles. The van der Waals surface area contributed by atoms with Crippen molar-refractivity contribution in [1.29, 1.82) is 0 Å². The highest BCUT2D eigenvalue weighted by Crippen LogP contribution is 2.37. The summed E-state index contributed by atoms with van der Waals surface area (Å²) in [4.78, 5) is 11.9. The fraction of sp³-hybridized carbons (Fsp3) is 0.375. The molecule has 2 rings (SSSR count). The highest BCUT2D eigenvalue weighted by Gasteiger charge is 2.50. The molecule has 0 aromatic heterocycles. The average Bonchev–Trinajstić information content (AvgIpc) is 2.72. The van der Waals surface area contributed by atoms with E-state index in [1.54, 1.807) is 6.08 Å². The molecule has 0 aliphatic rings. The maximum Gasteiger partial charge on any atom is 0.308 e. The molecule has 0 saturated heterocycles. The molecular formula is C24H32O4Si. The van der Waals surface area contributed by atoms with Crippen molar-refractivity contribution >= 4 is 24.7 Å². The van der Waals surface area contributed by atoms with Crippen LogP contribution in [0.1, 0.15) is 27.2 Å². The molecule has 0 heterocycles. The van der Waals surface area contributed by atoms with E-state index in [-0.39, 0.29) is 17.4 Å². The molecule has 1 atom stereocenters. The first-order valence-electron chi connectivity index (χ1n) is 9.89. The van der Waals surface area contributed by atoms with Crippen LogP contribution in [0.15, 0.2) is 73.3 Å². The molecule has 0 saturated carbocycles. The minimum Gasteiger partial charge on any atom is -0.469 e. The topological polar surface area (TPSA) is 44.8 Å². The lowest BCUT2D eigenvalue weighted by Crippen LogP contribution is -2.67. The van der Waals surface area contributed by atoms with Crippen molar-refractivity contribution in [3.05, 3.63) is 73.3 Å². The Hall–Kier alpha value is -2.21. The Morgan fingerprint density at radius 1 is 1.03 bits per heavy atom. The Balaban J connectivity index is 2.46. The van der Waals surface area contributed by atoms with Crippen LogP contribution in [0.2, 0.25) is 5.04 Å². The SMILES string of the molecule is C=CCO[C@@H](CO[Si](c1ccccc1)(c1ccccc1)C(C)(C)C)CC(=O)OC. The maximum absolute atomic E-state index is 11.9.